The normalized spacial score (nSPS) is 15.5. The first-order valence-corrected chi connectivity index (χ1v) is 15.8. The molecule has 2 N–H and O–H groups in total. The molecule has 1 aliphatic rings. The van der Waals surface area contributed by atoms with Crippen molar-refractivity contribution < 1.29 is 30.0 Å². The van der Waals surface area contributed by atoms with E-state index in [1.807, 2.05) is 19.1 Å². The van der Waals surface area contributed by atoms with Crippen LogP contribution in [0.2, 0.25) is 0 Å². The second-order valence-corrected chi connectivity index (χ2v) is 14.6. The molecular formula is C18H22N4O7S4. The minimum Gasteiger partial charge on any atom is -0.354 e. The Morgan fingerprint density at radius 1 is 1.15 bits per heavy atom. The Labute approximate surface area is 196 Å². The molecule has 33 heavy (non-hydrogen) atoms. The van der Waals surface area contributed by atoms with Crippen LogP contribution in [0.15, 0.2) is 23.2 Å². The third-order valence-corrected chi connectivity index (χ3v) is 10.0. The Hall–Kier alpha value is -2.20. The predicted molar refractivity (Wildman–Crippen MR) is 128 cm³/mol. The van der Waals surface area contributed by atoms with Crippen molar-refractivity contribution in [3.8, 4) is 0 Å². The molecule has 0 bridgehead atoms. The molecule has 1 unspecified atom stereocenters. The van der Waals surface area contributed by atoms with Crippen molar-refractivity contribution in [3.63, 3.8) is 0 Å². The second kappa shape index (κ2) is 9.21. The number of hydrogen-bond acceptors (Lipinski definition) is 10. The third-order valence-electron chi connectivity index (χ3n) is 4.55. The van der Waals surface area contributed by atoms with E-state index < -0.39 is 53.3 Å². The molecule has 0 aliphatic carbocycles. The number of nitrogens with one attached hydrogen (secondary N) is 2. The number of sulfone groups is 1. The van der Waals surface area contributed by atoms with Gasteiger partial charge < -0.3 is 5.32 Å². The van der Waals surface area contributed by atoms with Gasteiger partial charge in [-0.25, -0.2) is 30.2 Å². The quantitative estimate of drug-likeness (QED) is 0.458. The lowest BCUT2D eigenvalue weighted by atomic mass is 10.0. The van der Waals surface area contributed by atoms with Crippen LogP contribution < -0.4 is 9.44 Å². The molecular weight excluding hydrogens is 512 g/mol. The molecule has 15 heteroatoms. The average molecular weight is 535 g/mol. The number of benzene rings is 1. The molecule has 1 aliphatic heterocycles. The number of nitrogens with zero attached hydrogens (tertiary/aromatic N) is 2. The fraction of sp³-hybridized carbons (Fsp3) is 0.389. The first-order valence-electron chi connectivity index (χ1n) is 9.45. The summed E-state index contributed by atoms with van der Waals surface area (Å²) >= 11 is 1.06. The molecule has 2 heterocycles. The summed E-state index contributed by atoms with van der Waals surface area (Å²) in [4.78, 5) is 21.2. The summed E-state index contributed by atoms with van der Waals surface area (Å²) in [5.41, 5.74) is 3.34. The zero-order valence-corrected chi connectivity index (χ0v) is 21.2. The van der Waals surface area contributed by atoms with E-state index in [0.717, 1.165) is 34.3 Å². The van der Waals surface area contributed by atoms with Gasteiger partial charge in [-0.2, -0.15) is 0 Å². The number of aliphatic imine (C=N–C) groups is 1. The summed E-state index contributed by atoms with van der Waals surface area (Å²) < 4.78 is 72.7. The highest BCUT2D eigenvalue weighted by molar-refractivity contribution is 8.04. The average Bonchev–Trinajstić information content (AvgIpc) is 3.26. The van der Waals surface area contributed by atoms with Gasteiger partial charge >= 0.3 is 0 Å². The molecule has 180 valence electrons. The van der Waals surface area contributed by atoms with Crippen molar-refractivity contribution in [2.45, 2.75) is 12.2 Å². The molecule has 0 saturated heterocycles. The highest BCUT2D eigenvalue weighted by atomic mass is 32.3. The molecule has 11 nitrogen and oxygen atoms in total. The van der Waals surface area contributed by atoms with E-state index in [0.29, 0.717) is 23.0 Å². The van der Waals surface area contributed by atoms with Gasteiger partial charge in [-0.05, 0) is 35.8 Å². The number of thiazole rings is 1. The smallest absolute Gasteiger partial charge is 0.245 e. The Bertz CT molecular complexity index is 1490. The highest BCUT2D eigenvalue weighted by Gasteiger charge is 2.34. The summed E-state index contributed by atoms with van der Waals surface area (Å²) in [6, 6.07) is 3.67. The fourth-order valence-corrected chi connectivity index (χ4v) is 8.30. The van der Waals surface area contributed by atoms with E-state index in [1.165, 1.54) is 4.13 Å². The zero-order valence-electron chi connectivity index (χ0n) is 17.9. The van der Waals surface area contributed by atoms with Crippen molar-refractivity contribution in [1.82, 2.24) is 14.4 Å². The van der Waals surface area contributed by atoms with Gasteiger partial charge in [0.15, 0.2) is 15.1 Å². The molecule has 0 fully saturated rings. The summed E-state index contributed by atoms with van der Waals surface area (Å²) in [5.74, 6) is -1.70. The van der Waals surface area contributed by atoms with Crippen LogP contribution in [0.3, 0.4) is 0 Å². The lowest BCUT2D eigenvalue weighted by Gasteiger charge is -2.13. The number of sulfonamides is 2. The van der Waals surface area contributed by atoms with Gasteiger partial charge in [-0.15, -0.1) is 15.5 Å². The summed E-state index contributed by atoms with van der Waals surface area (Å²) in [6.07, 6.45) is 5.30. The molecule has 0 radical (unpaired) electrons. The van der Waals surface area contributed by atoms with Gasteiger partial charge in [0.05, 0.1) is 28.8 Å². The minimum absolute atomic E-state index is 0.0488. The molecule has 1 aromatic carbocycles. The lowest BCUT2D eigenvalue weighted by molar-refractivity contribution is -0.120. The van der Waals surface area contributed by atoms with Gasteiger partial charge in [-0.1, -0.05) is 6.08 Å². The maximum atomic E-state index is 12.7. The topological polar surface area (TPSA) is 169 Å². The van der Waals surface area contributed by atoms with Crippen molar-refractivity contribution in [2.75, 3.05) is 31.4 Å². The maximum absolute atomic E-state index is 12.7. The number of fused-ring (bicyclic) bond motifs is 1. The maximum Gasteiger partial charge on any atom is 0.245 e. The first-order chi connectivity index (χ1) is 15.2. The van der Waals surface area contributed by atoms with Crippen molar-refractivity contribution >= 4 is 69.1 Å². The van der Waals surface area contributed by atoms with E-state index in [1.54, 1.807) is 12.3 Å². The zero-order chi connectivity index (χ0) is 24.6. The largest absolute Gasteiger partial charge is 0.354 e. The SMILES string of the molecule is Cc1cc2nc(C(C(=O)NCCS(=O)(=O)NS(C)(=O)=O)S(C)(=O)=O)sc2cc1C1=CCN=C1. The highest BCUT2D eigenvalue weighted by Crippen LogP contribution is 2.34. The van der Waals surface area contributed by atoms with E-state index in [9.17, 15) is 30.0 Å². The first kappa shape index (κ1) is 25.4. The van der Waals surface area contributed by atoms with E-state index in [-0.39, 0.29) is 5.01 Å². The monoisotopic (exact) mass is 534 g/mol. The Morgan fingerprint density at radius 2 is 1.85 bits per heavy atom. The number of carbonyl (C=O) groups excluding carboxylic acids is 1. The molecule has 3 rings (SSSR count). The van der Waals surface area contributed by atoms with Crippen molar-refractivity contribution in [2.24, 2.45) is 4.99 Å². The third kappa shape index (κ3) is 6.44. The number of rotatable bonds is 9. The van der Waals surface area contributed by atoms with Crippen LogP contribution in [0.1, 0.15) is 21.4 Å². The van der Waals surface area contributed by atoms with Crippen LogP contribution in [0.5, 0.6) is 0 Å². The predicted octanol–water partition coefficient (Wildman–Crippen LogP) is 0.153. The summed E-state index contributed by atoms with van der Waals surface area (Å²) in [7, 11) is -12.2. The number of aryl methyl sites for hydroxylation is 1. The van der Waals surface area contributed by atoms with Crippen LogP contribution in [0, 0.1) is 6.92 Å². The molecule has 2 aromatic rings. The molecule has 1 amide bonds. The van der Waals surface area contributed by atoms with Crippen LogP contribution in [-0.4, -0.2) is 73.7 Å². The minimum atomic E-state index is -4.23. The van der Waals surface area contributed by atoms with E-state index >= 15 is 0 Å². The van der Waals surface area contributed by atoms with Crippen LogP contribution >= 0.6 is 11.3 Å². The Balaban J connectivity index is 1.85. The van der Waals surface area contributed by atoms with Crippen LogP contribution in [-0.2, 0) is 34.7 Å². The molecule has 0 spiro atoms. The standard InChI is InChI=1S/C18H22N4O7S4/c1-11-8-14-15(9-13(11)12-4-5-19-10-12)30-18(21-14)16(31(2,24)25)17(23)20-6-7-33(28,29)22-32(3,26)27/h4,8-10,16,22H,5-7H2,1-3H3,(H,20,23). The van der Waals surface area contributed by atoms with Crippen molar-refractivity contribution in [1.29, 1.82) is 0 Å². The van der Waals surface area contributed by atoms with E-state index in [4.69, 9.17) is 0 Å². The molecule has 0 saturated carbocycles. The van der Waals surface area contributed by atoms with Crippen molar-refractivity contribution in [3.05, 3.63) is 34.3 Å². The van der Waals surface area contributed by atoms with Gasteiger partial charge in [0.2, 0.25) is 26.0 Å². The number of carbonyl (C=O) groups is 1. The lowest BCUT2D eigenvalue weighted by Crippen LogP contribution is -2.39. The summed E-state index contributed by atoms with van der Waals surface area (Å²) in [6.45, 7) is 2.00. The van der Waals surface area contributed by atoms with Gasteiger partial charge in [0.1, 0.15) is 5.01 Å². The number of hydrogen-bond donors (Lipinski definition) is 2. The van der Waals surface area contributed by atoms with E-state index in [2.05, 4.69) is 15.3 Å². The van der Waals surface area contributed by atoms with Gasteiger partial charge in [0.25, 0.3) is 0 Å². The van der Waals surface area contributed by atoms with Crippen LogP contribution in [0.25, 0.3) is 15.8 Å². The van der Waals surface area contributed by atoms with Crippen LogP contribution in [0.4, 0.5) is 0 Å². The second-order valence-electron chi connectivity index (χ2n) is 7.52. The number of allylic oxidation sites excluding steroid dienone is 1. The Kier molecular flexibility index (Phi) is 7.10. The molecule has 1 aromatic heterocycles. The number of aromatic nitrogens is 1. The Morgan fingerprint density at radius 3 is 2.42 bits per heavy atom. The van der Waals surface area contributed by atoms with Gasteiger partial charge in [0, 0.05) is 19.0 Å². The fourth-order valence-electron chi connectivity index (χ4n) is 3.22. The number of amides is 1. The summed E-state index contributed by atoms with van der Waals surface area (Å²) in [5, 5.41) is 0.656. The van der Waals surface area contributed by atoms with Gasteiger partial charge in [-0.3, -0.25) is 9.79 Å². The molecule has 1 atom stereocenters.